The lowest BCUT2D eigenvalue weighted by Gasteiger charge is -2.26. The van der Waals surface area contributed by atoms with E-state index in [0.29, 0.717) is 18.0 Å². The molecule has 0 fully saturated rings. The van der Waals surface area contributed by atoms with Gasteiger partial charge in [-0.2, -0.15) is 0 Å². The summed E-state index contributed by atoms with van der Waals surface area (Å²) in [6.07, 6.45) is 4.25. The molecule has 0 aromatic carbocycles. The Morgan fingerprint density at radius 2 is 2.13 bits per heavy atom. The Morgan fingerprint density at radius 3 is 2.87 bits per heavy atom. The Kier molecular flexibility index (Phi) is 6.01. The van der Waals surface area contributed by atoms with Crippen molar-refractivity contribution in [2.45, 2.75) is 52.5 Å². The minimum atomic E-state index is -0.142. The maximum Gasteiger partial charge on any atom is 0.305 e. The predicted octanol–water partition coefficient (Wildman–Crippen LogP) is 3.35. The average molecular weight is 431 g/mol. The number of nitrogens with zero attached hydrogens (tertiary/aromatic N) is 3. The number of unbranched alkanes of at least 4 members (excludes halogenated alkanes) is 2. The van der Waals surface area contributed by atoms with E-state index in [-0.39, 0.29) is 11.5 Å². The first-order valence-electron chi connectivity index (χ1n) is 10.2. The first-order valence-corrected chi connectivity index (χ1v) is 11.1. The number of hydrogen-bond donors (Lipinski definition) is 1. The average Bonchev–Trinajstić information content (AvgIpc) is 3.26. The van der Waals surface area contributed by atoms with Crippen molar-refractivity contribution in [3.8, 4) is 11.4 Å². The summed E-state index contributed by atoms with van der Waals surface area (Å²) in [6.45, 7) is 6.43. The summed E-state index contributed by atoms with van der Waals surface area (Å²) in [5, 5.41) is 4.69. The highest BCUT2D eigenvalue weighted by Gasteiger charge is 2.24. The zero-order chi connectivity index (χ0) is 21.3. The van der Waals surface area contributed by atoms with E-state index in [1.54, 1.807) is 11.3 Å². The molecule has 0 atom stereocenters. The Hall–Kier alpha value is -2.52. The van der Waals surface area contributed by atoms with Crippen molar-refractivity contribution in [1.29, 1.82) is 0 Å². The van der Waals surface area contributed by atoms with Crippen LogP contribution >= 0.6 is 11.3 Å². The molecular formula is C21H26N4O4S. The van der Waals surface area contributed by atoms with E-state index < -0.39 is 0 Å². The maximum atomic E-state index is 12.9. The topological polar surface area (TPSA) is 101 Å². The van der Waals surface area contributed by atoms with Gasteiger partial charge in [0.25, 0.3) is 5.56 Å². The van der Waals surface area contributed by atoms with Crippen LogP contribution in [-0.2, 0) is 22.5 Å². The highest BCUT2D eigenvalue weighted by molar-refractivity contribution is 7.18. The van der Waals surface area contributed by atoms with Crippen LogP contribution in [0.3, 0.4) is 0 Å². The number of carbonyl (C=O) groups is 1. The number of H-pyrrole nitrogens is 1. The Balaban J connectivity index is 1.48. The second-order valence-corrected chi connectivity index (χ2v) is 8.79. The molecule has 9 heteroatoms. The molecule has 30 heavy (non-hydrogen) atoms. The number of nitrogens with one attached hydrogen (secondary N) is 1. The van der Waals surface area contributed by atoms with Crippen molar-refractivity contribution in [2.75, 3.05) is 20.2 Å². The smallest absolute Gasteiger partial charge is 0.305 e. The van der Waals surface area contributed by atoms with Crippen molar-refractivity contribution in [1.82, 2.24) is 20.0 Å². The second-order valence-electron chi connectivity index (χ2n) is 7.71. The molecule has 0 radical (unpaired) electrons. The number of rotatable bonds is 7. The fourth-order valence-electron chi connectivity index (χ4n) is 4.07. The van der Waals surface area contributed by atoms with Crippen LogP contribution in [0, 0.1) is 13.8 Å². The van der Waals surface area contributed by atoms with Crippen LogP contribution in [0.4, 0.5) is 0 Å². The van der Waals surface area contributed by atoms with Gasteiger partial charge in [0.1, 0.15) is 16.4 Å². The van der Waals surface area contributed by atoms with Gasteiger partial charge in [0.2, 0.25) is 0 Å². The second kappa shape index (κ2) is 8.69. The molecule has 1 aliphatic heterocycles. The van der Waals surface area contributed by atoms with E-state index >= 15 is 0 Å². The summed E-state index contributed by atoms with van der Waals surface area (Å²) in [6, 6.07) is 0. The largest absolute Gasteiger partial charge is 0.469 e. The molecule has 4 rings (SSSR count). The van der Waals surface area contributed by atoms with Gasteiger partial charge < -0.3 is 14.2 Å². The predicted molar refractivity (Wildman–Crippen MR) is 115 cm³/mol. The van der Waals surface area contributed by atoms with Crippen molar-refractivity contribution < 1.29 is 14.1 Å². The number of fused-ring (bicyclic) bond motifs is 3. The van der Waals surface area contributed by atoms with Crippen LogP contribution in [0.1, 0.15) is 47.6 Å². The van der Waals surface area contributed by atoms with Gasteiger partial charge in [-0.15, -0.1) is 11.3 Å². The van der Waals surface area contributed by atoms with Crippen molar-refractivity contribution in [3.63, 3.8) is 0 Å². The highest BCUT2D eigenvalue weighted by atomic mass is 32.1. The Labute approximate surface area is 178 Å². The first-order chi connectivity index (χ1) is 14.5. The molecule has 0 aliphatic carbocycles. The molecule has 0 amide bonds. The highest BCUT2D eigenvalue weighted by Crippen LogP contribution is 2.34. The lowest BCUT2D eigenvalue weighted by atomic mass is 10.0. The molecule has 3 aromatic heterocycles. The van der Waals surface area contributed by atoms with Gasteiger partial charge in [0, 0.05) is 24.4 Å². The summed E-state index contributed by atoms with van der Waals surface area (Å²) in [5.74, 6) is 1.02. The fraction of sp³-hybridized carbons (Fsp3) is 0.524. The lowest BCUT2D eigenvalue weighted by Crippen LogP contribution is -2.30. The zero-order valence-corrected chi connectivity index (χ0v) is 18.4. The van der Waals surface area contributed by atoms with Gasteiger partial charge in [-0.1, -0.05) is 11.6 Å². The number of ether oxygens (including phenoxy) is 1. The third-order valence-electron chi connectivity index (χ3n) is 5.64. The summed E-state index contributed by atoms with van der Waals surface area (Å²) in [5.41, 5.74) is 2.52. The number of thiophene rings is 1. The summed E-state index contributed by atoms with van der Waals surface area (Å²) >= 11 is 1.61. The number of esters is 1. The number of hydrogen-bond acceptors (Lipinski definition) is 8. The fourth-order valence-corrected chi connectivity index (χ4v) is 5.33. The van der Waals surface area contributed by atoms with E-state index in [4.69, 9.17) is 9.51 Å². The first kappa shape index (κ1) is 20.7. The molecular weight excluding hydrogens is 404 g/mol. The minimum Gasteiger partial charge on any atom is -0.469 e. The Morgan fingerprint density at radius 1 is 1.30 bits per heavy atom. The molecule has 4 heterocycles. The van der Waals surface area contributed by atoms with Crippen LogP contribution in [-0.4, -0.2) is 46.2 Å². The van der Waals surface area contributed by atoms with Crippen LogP contribution in [0.25, 0.3) is 21.6 Å². The monoisotopic (exact) mass is 430 g/mol. The number of aromatic amines is 1. The number of aromatic nitrogens is 3. The van der Waals surface area contributed by atoms with E-state index in [1.807, 2.05) is 13.8 Å². The van der Waals surface area contributed by atoms with Gasteiger partial charge in [-0.3, -0.25) is 14.5 Å². The standard InChI is InChI=1S/C21H26N4O4S/c1-12-17(13(2)29-24-12)19-22-20(27)18-14-8-10-25(11-15(14)30-21(18)23-19)9-6-4-5-7-16(26)28-3/h4-11H2,1-3H3,(H,22,23,27). The van der Waals surface area contributed by atoms with Crippen molar-refractivity contribution >= 4 is 27.5 Å². The van der Waals surface area contributed by atoms with Crippen LogP contribution in [0.15, 0.2) is 9.32 Å². The molecule has 8 nitrogen and oxygen atoms in total. The molecule has 0 unspecified atom stereocenters. The third kappa shape index (κ3) is 4.04. The van der Waals surface area contributed by atoms with Gasteiger partial charge >= 0.3 is 5.97 Å². The molecule has 0 saturated carbocycles. The van der Waals surface area contributed by atoms with Gasteiger partial charge in [-0.25, -0.2) is 4.98 Å². The number of carbonyl (C=O) groups excluding carboxylic acids is 1. The normalized spacial score (nSPS) is 14.2. The van der Waals surface area contributed by atoms with Gasteiger partial charge in [-0.05, 0) is 45.2 Å². The molecule has 0 spiro atoms. The van der Waals surface area contributed by atoms with Crippen LogP contribution < -0.4 is 5.56 Å². The quantitative estimate of drug-likeness (QED) is 0.453. The van der Waals surface area contributed by atoms with Gasteiger partial charge in [0.05, 0.1) is 23.8 Å². The van der Waals surface area contributed by atoms with E-state index in [0.717, 1.165) is 72.4 Å². The third-order valence-corrected chi connectivity index (χ3v) is 6.75. The van der Waals surface area contributed by atoms with Crippen LogP contribution in [0.2, 0.25) is 0 Å². The summed E-state index contributed by atoms with van der Waals surface area (Å²) < 4.78 is 9.91. The molecule has 160 valence electrons. The minimum absolute atomic E-state index is 0.0937. The summed E-state index contributed by atoms with van der Waals surface area (Å²) in [4.78, 5) is 36.1. The molecule has 1 N–H and O–H groups in total. The molecule has 0 bridgehead atoms. The van der Waals surface area contributed by atoms with Crippen LogP contribution in [0.5, 0.6) is 0 Å². The van der Waals surface area contributed by atoms with Crippen molar-refractivity contribution in [3.05, 3.63) is 32.2 Å². The van der Waals surface area contributed by atoms with Gasteiger partial charge in [0.15, 0.2) is 0 Å². The number of aryl methyl sites for hydroxylation is 2. The molecule has 1 aliphatic rings. The SMILES string of the molecule is COC(=O)CCCCCN1CCc2c(sc3nc(-c4c(C)noc4C)[nH]c(=O)c23)C1. The Bertz CT molecular complexity index is 1110. The van der Waals surface area contributed by atoms with E-state index in [9.17, 15) is 9.59 Å². The zero-order valence-electron chi connectivity index (χ0n) is 17.5. The molecule has 0 saturated heterocycles. The summed E-state index contributed by atoms with van der Waals surface area (Å²) in [7, 11) is 1.43. The molecule has 3 aromatic rings. The lowest BCUT2D eigenvalue weighted by molar-refractivity contribution is -0.140. The number of methoxy groups -OCH3 is 1. The van der Waals surface area contributed by atoms with Crippen molar-refractivity contribution in [2.24, 2.45) is 0 Å². The maximum absolute atomic E-state index is 12.9. The van der Waals surface area contributed by atoms with E-state index in [2.05, 4.69) is 19.8 Å². The van der Waals surface area contributed by atoms with E-state index in [1.165, 1.54) is 12.0 Å².